The fraction of sp³-hybridized carbons (Fsp3) is 0. The molecule has 0 aliphatic heterocycles. The van der Waals surface area contributed by atoms with Crippen LogP contribution in [0.5, 0.6) is 0 Å². The second-order valence-electron chi connectivity index (χ2n) is 5.82. The minimum atomic E-state index is -0.269. The molecule has 1 N–H and O–H groups in total. The Morgan fingerprint density at radius 1 is 0.731 bits per heavy atom. The van der Waals surface area contributed by atoms with Crippen LogP contribution in [0, 0.1) is 5.82 Å². The lowest BCUT2D eigenvalue weighted by Gasteiger charge is -2.09. The van der Waals surface area contributed by atoms with E-state index in [0.717, 1.165) is 22.2 Å². The van der Waals surface area contributed by atoms with E-state index in [4.69, 9.17) is 0 Å². The largest absolute Gasteiger partial charge is 0.340 e. The van der Waals surface area contributed by atoms with Crippen LogP contribution in [0.25, 0.3) is 23.1 Å². The number of halogens is 1. The highest BCUT2D eigenvalue weighted by Crippen LogP contribution is 2.24. The summed E-state index contributed by atoms with van der Waals surface area (Å²) in [5.74, 6) is 1.03. The minimum Gasteiger partial charge on any atom is -0.340 e. The first-order valence-corrected chi connectivity index (χ1v) is 8.30. The molecule has 1 heterocycles. The molecule has 0 fully saturated rings. The van der Waals surface area contributed by atoms with Crippen molar-refractivity contribution in [2.24, 2.45) is 0 Å². The number of aromatic nitrogens is 2. The van der Waals surface area contributed by atoms with Crippen LogP contribution in [0.4, 0.5) is 15.9 Å². The molecule has 126 valence electrons. The number of nitrogens with one attached hydrogen (secondary N) is 1. The zero-order valence-corrected chi connectivity index (χ0v) is 13.9. The van der Waals surface area contributed by atoms with Gasteiger partial charge in [-0.3, -0.25) is 0 Å². The van der Waals surface area contributed by atoms with Crippen LogP contribution in [0.15, 0.2) is 78.9 Å². The highest BCUT2D eigenvalue weighted by atomic mass is 19.1. The molecular weight excluding hydrogens is 325 g/mol. The zero-order valence-electron chi connectivity index (χ0n) is 13.9. The van der Waals surface area contributed by atoms with Crippen LogP contribution in [0.3, 0.4) is 0 Å². The standard InChI is InChI=1S/C22H16FN3/c23-17-11-13-18(14-12-17)24-22-19-8-4-5-9-20(19)25-21(26-22)15-10-16-6-2-1-3-7-16/h1-15H,(H,24,25,26)/b15-10+. The van der Waals surface area contributed by atoms with Gasteiger partial charge in [0.25, 0.3) is 0 Å². The summed E-state index contributed by atoms with van der Waals surface area (Å²) >= 11 is 0. The number of para-hydroxylation sites is 1. The van der Waals surface area contributed by atoms with Crippen molar-refractivity contribution in [3.63, 3.8) is 0 Å². The van der Waals surface area contributed by atoms with Crippen molar-refractivity contribution < 1.29 is 4.39 Å². The van der Waals surface area contributed by atoms with E-state index in [-0.39, 0.29) is 5.82 Å². The van der Waals surface area contributed by atoms with Gasteiger partial charge in [-0.05, 0) is 48.0 Å². The number of hydrogen-bond donors (Lipinski definition) is 1. The fourth-order valence-electron chi connectivity index (χ4n) is 2.67. The van der Waals surface area contributed by atoms with Gasteiger partial charge < -0.3 is 5.32 Å². The summed E-state index contributed by atoms with van der Waals surface area (Å²) in [6.07, 6.45) is 3.86. The van der Waals surface area contributed by atoms with Gasteiger partial charge in [-0.15, -0.1) is 0 Å². The quantitative estimate of drug-likeness (QED) is 0.519. The van der Waals surface area contributed by atoms with E-state index < -0.39 is 0 Å². The van der Waals surface area contributed by atoms with E-state index in [1.54, 1.807) is 12.1 Å². The monoisotopic (exact) mass is 341 g/mol. The van der Waals surface area contributed by atoms with Crippen LogP contribution in [-0.4, -0.2) is 9.97 Å². The molecule has 0 saturated carbocycles. The topological polar surface area (TPSA) is 37.8 Å². The third kappa shape index (κ3) is 3.59. The van der Waals surface area contributed by atoms with Crippen molar-refractivity contribution in [3.05, 3.63) is 96.1 Å². The highest BCUT2D eigenvalue weighted by molar-refractivity contribution is 5.91. The number of benzene rings is 3. The Hall–Kier alpha value is -3.53. The van der Waals surface area contributed by atoms with Gasteiger partial charge in [0.05, 0.1) is 5.52 Å². The van der Waals surface area contributed by atoms with Gasteiger partial charge in [0.15, 0.2) is 5.82 Å². The smallest absolute Gasteiger partial charge is 0.154 e. The van der Waals surface area contributed by atoms with Crippen molar-refractivity contribution in [3.8, 4) is 0 Å². The van der Waals surface area contributed by atoms with Gasteiger partial charge in [0.1, 0.15) is 11.6 Å². The van der Waals surface area contributed by atoms with E-state index in [9.17, 15) is 4.39 Å². The molecular formula is C22H16FN3. The Bertz CT molecular complexity index is 1060. The molecule has 3 aromatic carbocycles. The summed E-state index contributed by atoms with van der Waals surface area (Å²) in [4.78, 5) is 9.24. The van der Waals surface area contributed by atoms with Crippen LogP contribution < -0.4 is 5.32 Å². The van der Waals surface area contributed by atoms with Gasteiger partial charge in [-0.2, -0.15) is 0 Å². The van der Waals surface area contributed by atoms with Crippen molar-refractivity contribution in [2.45, 2.75) is 0 Å². The molecule has 0 saturated heterocycles. The fourth-order valence-corrected chi connectivity index (χ4v) is 2.67. The van der Waals surface area contributed by atoms with Gasteiger partial charge >= 0.3 is 0 Å². The third-order valence-electron chi connectivity index (χ3n) is 3.95. The van der Waals surface area contributed by atoms with E-state index in [1.165, 1.54) is 12.1 Å². The maximum atomic E-state index is 13.1. The van der Waals surface area contributed by atoms with Gasteiger partial charge in [0, 0.05) is 11.1 Å². The summed E-state index contributed by atoms with van der Waals surface area (Å²) < 4.78 is 13.1. The predicted molar refractivity (Wildman–Crippen MR) is 105 cm³/mol. The van der Waals surface area contributed by atoms with Crippen molar-refractivity contribution >= 4 is 34.6 Å². The average Bonchev–Trinajstić information content (AvgIpc) is 2.69. The van der Waals surface area contributed by atoms with Crippen LogP contribution in [0.1, 0.15) is 11.4 Å². The Morgan fingerprint density at radius 2 is 1.46 bits per heavy atom. The first-order chi connectivity index (χ1) is 12.8. The third-order valence-corrected chi connectivity index (χ3v) is 3.95. The lowest BCUT2D eigenvalue weighted by Crippen LogP contribution is -1.99. The molecule has 4 rings (SSSR count). The first-order valence-electron chi connectivity index (χ1n) is 8.30. The van der Waals surface area contributed by atoms with Gasteiger partial charge in [-0.1, -0.05) is 48.5 Å². The van der Waals surface area contributed by atoms with Crippen molar-refractivity contribution in [1.29, 1.82) is 0 Å². The molecule has 26 heavy (non-hydrogen) atoms. The molecule has 4 aromatic rings. The number of rotatable bonds is 4. The highest BCUT2D eigenvalue weighted by Gasteiger charge is 2.06. The summed E-state index contributed by atoms with van der Waals surface area (Å²) in [6.45, 7) is 0. The SMILES string of the molecule is Fc1ccc(Nc2nc(/C=C/c3ccccc3)nc3ccccc23)cc1. The Balaban J connectivity index is 1.73. The second kappa shape index (κ2) is 7.15. The summed E-state index contributed by atoms with van der Waals surface area (Å²) in [5.41, 5.74) is 2.70. The van der Waals surface area contributed by atoms with Crippen molar-refractivity contribution in [1.82, 2.24) is 9.97 Å². The van der Waals surface area contributed by atoms with Gasteiger partial charge in [-0.25, -0.2) is 14.4 Å². The maximum absolute atomic E-state index is 13.1. The summed E-state index contributed by atoms with van der Waals surface area (Å²) in [6, 6.07) is 24.0. The van der Waals surface area contributed by atoms with Crippen LogP contribution in [-0.2, 0) is 0 Å². The zero-order chi connectivity index (χ0) is 17.8. The number of anilines is 2. The van der Waals surface area contributed by atoms with Crippen molar-refractivity contribution in [2.75, 3.05) is 5.32 Å². The normalized spacial score (nSPS) is 11.1. The van der Waals surface area contributed by atoms with E-state index >= 15 is 0 Å². The molecule has 4 heteroatoms. The lowest BCUT2D eigenvalue weighted by atomic mass is 10.2. The second-order valence-corrected chi connectivity index (χ2v) is 5.82. The number of nitrogens with zero attached hydrogens (tertiary/aromatic N) is 2. The molecule has 0 radical (unpaired) electrons. The Labute approximate surface area is 150 Å². The molecule has 0 unspecified atom stereocenters. The molecule has 0 aliphatic rings. The maximum Gasteiger partial charge on any atom is 0.154 e. The van der Waals surface area contributed by atoms with Crippen LogP contribution in [0.2, 0.25) is 0 Å². The molecule has 0 aliphatic carbocycles. The number of fused-ring (bicyclic) bond motifs is 1. The molecule has 0 atom stereocenters. The van der Waals surface area contributed by atoms with E-state index in [0.29, 0.717) is 11.6 Å². The molecule has 0 amide bonds. The lowest BCUT2D eigenvalue weighted by molar-refractivity contribution is 0.628. The van der Waals surface area contributed by atoms with E-state index in [1.807, 2.05) is 66.7 Å². The Kier molecular flexibility index (Phi) is 4.39. The first kappa shape index (κ1) is 16.0. The number of hydrogen-bond acceptors (Lipinski definition) is 3. The predicted octanol–water partition coefficient (Wildman–Crippen LogP) is 5.68. The molecule has 0 spiro atoms. The van der Waals surface area contributed by atoms with E-state index in [2.05, 4.69) is 15.3 Å². The minimum absolute atomic E-state index is 0.269. The molecule has 3 nitrogen and oxygen atoms in total. The summed E-state index contributed by atoms with van der Waals surface area (Å²) in [5, 5.41) is 4.17. The molecule has 1 aromatic heterocycles. The summed E-state index contributed by atoms with van der Waals surface area (Å²) in [7, 11) is 0. The van der Waals surface area contributed by atoms with Gasteiger partial charge in [0.2, 0.25) is 0 Å². The average molecular weight is 341 g/mol. The Morgan fingerprint density at radius 3 is 2.27 bits per heavy atom. The molecule has 0 bridgehead atoms. The van der Waals surface area contributed by atoms with Crippen LogP contribution >= 0.6 is 0 Å².